The van der Waals surface area contributed by atoms with Gasteiger partial charge in [0.1, 0.15) is 0 Å². The number of rotatable bonds is 30. The van der Waals surface area contributed by atoms with Gasteiger partial charge in [-0.25, -0.2) is 0 Å². The molecule has 0 saturated heterocycles. The van der Waals surface area contributed by atoms with Gasteiger partial charge in [0.25, 0.3) is 0 Å². The van der Waals surface area contributed by atoms with Crippen molar-refractivity contribution in [1.29, 1.82) is 0 Å². The number of carbonyl (C=O) groups excluding carboxylic acids is 1. The quantitative estimate of drug-likeness (QED) is 0.0570. The molecular weight excluding hydrogens is 530 g/mol. The zero-order chi connectivity index (χ0) is 31.5. The van der Waals surface area contributed by atoms with E-state index in [1.165, 1.54) is 70.6 Å². The molecule has 0 aliphatic carbocycles. The summed E-state index contributed by atoms with van der Waals surface area (Å²) < 4.78 is 0. The Bertz CT molecular complexity index is 777. The summed E-state index contributed by atoms with van der Waals surface area (Å²) in [7, 11) is 0. The number of aliphatic hydroxyl groups excluding tert-OH is 2. The summed E-state index contributed by atoms with van der Waals surface area (Å²) in [4.78, 5) is 12.3. The number of amides is 1. The third kappa shape index (κ3) is 31.1. The Morgan fingerprint density at radius 1 is 0.581 bits per heavy atom. The molecule has 0 aliphatic rings. The standard InChI is InChI=1S/C39H67NO3/c1-3-5-7-9-11-13-15-17-19-20-21-23-25-27-29-31-33-35-39(43)40-37(36-41)38(42)34-32-30-28-26-24-22-18-16-14-12-10-8-6-4-2/h5,7,11,13,17,19,21,23,27,29,32,34,37-38,41-42H,3-4,6,8-10,12,14-16,18,20,22,24-26,28,30-31,33,35-36H2,1-2H3,(H,40,43)/b7-5-,13-11-,19-17-,23-21-,29-27-,34-32+. The highest BCUT2D eigenvalue weighted by molar-refractivity contribution is 5.76. The summed E-state index contributed by atoms with van der Waals surface area (Å²) in [5.41, 5.74) is 0. The SMILES string of the molecule is CC/C=C\C/C=C\C/C=C\C/C=C\C/C=C\CCCC(=O)NC(CO)C(O)/C=C/CCCCCCCCCCCCCC. The normalized spacial score (nSPS) is 14.0. The van der Waals surface area contributed by atoms with Crippen LogP contribution in [0.5, 0.6) is 0 Å². The summed E-state index contributed by atoms with van der Waals surface area (Å²) in [6, 6.07) is -0.653. The highest BCUT2D eigenvalue weighted by Crippen LogP contribution is 2.13. The number of hydrogen-bond acceptors (Lipinski definition) is 3. The molecule has 43 heavy (non-hydrogen) atoms. The van der Waals surface area contributed by atoms with Gasteiger partial charge >= 0.3 is 0 Å². The molecule has 246 valence electrons. The Kier molecular flexibility index (Phi) is 32.6. The molecule has 3 N–H and O–H groups in total. The van der Waals surface area contributed by atoms with Crippen molar-refractivity contribution in [2.24, 2.45) is 0 Å². The molecule has 0 bridgehead atoms. The lowest BCUT2D eigenvalue weighted by molar-refractivity contribution is -0.122. The number of carbonyl (C=O) groups is 1. The van der Waals surface area contributed by atoms with E-state index < -0.39 is 12.1 Å². The number of aliphatic hydroxyl groups is 2. The Morgan fingerprint density at radius 3 is 1.51 bits per heavy atom. The van der Waals surface area contributed by atoms with E-state index in [1.807, 2.05) is 6.08 Å². The fourth-order valence-corrected chi connectivity index (χ4v) is 4.74. The fourth-order valence-electron chi connectivity index (χ4n) is 4.74. The third-order valence-electron chi connectivity index (χ3n) is 7.45. The van der Waals surface area contributed by atoms with E-state index in [0.29, 0.717) is 6.42 Å². The molecule has 0 spiro atoms. The lowest BCUT2D eigenvalue weighted by Gasteiger charge is -2.19. The first-order chi connectivity index (χ1) is 21.2. The van der Waals surface area contributed by atoms with Crippen LogP contribution in [0.25, 0.3) is 0 Å². The van der Waals surface area contributed by atoms with Crippen molar-refractivity contribution in [3.63, 3.8) is 0 Å². The van der Waals surface area contributed by atoms with Crippen molar-refractivity contribution in [2.75, 3.05) is 6.61 Å². The molecule has 0 aromatic heterocycles. The van der Waals surface area contributed by atoms with Gasteiger partial charge < -0.3 is 15.5 Å². The van der Waals surface area contributed by atoms with Crippen LogP contribution in [-0.4, -0.2) is 34.9 Å². The van der Waals surface area contributed by atoms with Crippen LogP contribution in [0.1, 0.15) is 149 Å². The summed E-state index contributed by atoms with van der Waals surface area (Å²) in [5.74, 6) is -0.125. The van der Waals surface area contributed by atoms with Crippen molar-refractivity contribution in [3.05, 3.63) is 72.9 Å². The molecule has 0 aromatic carbocycles. The zero-order valence-electron chi connectivity index (χ0n) is 27.9. The number of allylic oxidation sites excluding steroid dienone is 11. The van der Waals surface area contributed by atoms with Crippen LogP contribution < -0.4 is 5.32 Å². The molecule has 4 heteroatoms. The van der Waals surface area contributed by atoms with Crippen LogP contribution in [0.2, 0.25) is 0 Å². The van der Waals surface area contributed by atoms with E-state index in [1.54, 1.807) is 6.08 Å². The van der Waals surface area contributed by atoms with Gasteiger partial charge in [0.15, 0.2) is 0 Å². The van der Waals surface area contributed by atoms with Gasteiger partial charge in [0, 0.05) is 6.42 Å². The summed E-state index contributed by atoms with van der Waals surface area (Å²) >= 11 is 0. The minimum Gasteiger partial charge on any atom is -0.394 e. The molecule has 2 unspecified atom stereocenters. The van der Waals surface area contributed by atoms with Gasteiger partial charge in [-0.05, 0) is 57.8 Å². The maximum absolute atomic E-state index is 12.3. The van der Waals surface area contributed by atoms with E-state index >= 15 is 0 Å². The Labute approximate surface area is 266 Å². The summed E-state index contributed by atoms with van der Waals surface area (Å²) in [5, 5.41) is 22.8. The number of hydrogen-bond donors (Lipinski definition) is 3. The lowest BCUT2D eigenvalue weighted by atomic mass is 10.0. The smallest absolute Gasteiger partial charge is 0.220 e. The number of nitrogens with one attached hydrogen (secondary N) is 1. The van der Waals surface area contributed by atoms with Gasteiger partial charge in [0.2, 0.25) is 5.91 Å². The van der Waals surface area contributed by atoms with Crippen LogP contribution in [0.4, 0.5) is 0 Å². The highest BCUT2D eigenvalue weighted by atomic mass is 16.3. The van der Waals surface area contributed by atoms with Crippen molar-refractivity contribution in [3.8, 4) is 0 Å². The second kappa shape index (κ2) is 34.3. The second-order valence-electron chi connectivity index (χ2n) is 11.6. The predicted octanol–water partition coefficient (Wildman–Crippen LogP) is 10.4. The van der Waals surface area contributed by atoms with Crippen molar-refractivity contribution >= 4 is 5.91 Å². The molecule has 0 fully saturated rings. The van der Waals surface area contributed by atoms with Crippen molar-refractivity contribution in [2.45, 2.75) is 161 Å². The largest absolute Gasteiger partial charge is 0.394 e. The summed E-state index contributed by atoms with van der Waals surface area (Å²) in [6.07, 6.45) is 48.4. The van der Waals surface area contributed by atoms with Crippen molar-refractivity contribution in [1.82, 2.24) is 5.32 Å². The average molecular weight is 598 g/mol. The molecule has 4 nitrogen and oxygen atoms in total. The molecule has 0 aromatic rings. The van der Waals surface area contributed by atoms with Gasteiger partial charge in [-0.2, -0.15) is 0 Å². The maximum atomic E-state index is 12.3. The Balaban J connectivity index is 3.80. The minimum absolute atomic E-state index is 0.125. The predicted molar refractivity (Wildman–Crippen MR) is 188 cm³/mol. The van der Waals surface area contributed by atoms with Crippen molar-refractivity contribution < 1.29 is 15.0 Å². The van der Waals surface area contributed by atoms with Gasteiger partial charge in [-0.3, -0.25) is 4.79 Å². The average Bonchev–Trinajstić information content (AvgIpc) is 3.01. The van der Waals surface area contributed by atoms with Crippen LogP contribution >= 0.6 is 0 Å². The lowest BCUT2D eigenvalue weighted by Crippen LogP contribution is -2.45. The minimum atomic E-state index is -0.864. The molecule has 0 rings (SSSR count). The van der Waals surface area contributed by atoms with Crippen LogP contribution in [-0.2, 0) is 4.79 Å². The Morgan fingerprint density at radius 2 is 1.02 bits per heavy atom. The monoisotopic (exact) mass is 598 g/mol. The zero-order valence-corrected chi connectivity index (χ0v) is 27.9. The Hall–Kier alpha value is -2.17. The van der Waals surface area contributed by atoms with Gasteiger partial charge in [-0.1, -0.05) is 157 Å². The number of unbranched alkanes of at least 4 members (excludes halogenated alkanes) is 13. The summed E-state index contributed by atoms with van der Waals surface area (Å²) in [6.45, 7) is 4.14. The van der Waals surface area contributed by atoms with E-state index in [0.717, 1.165) is 57.8 Å². The topological polar surface area (TPSA) is 69.6 Å². The fraction of sp³-hybridized carbons (Fsp3) is 0.667. The first-order valence-corrected chi connectivity index (χ1v) is 17.7. The van der Waals surface area contributed by atoms with Crippen LogP contribution in [0.15, 0.2) is 72.9 Å². The van der Waals surface area contributed by atoms with E-state index in [2.05, 4.69) is 79.9 Å². The van der Waals surface area contributed by atoms with E-state index in [9.17, 15) is 15.0 Å². The van der Waals surface area contributed by atoms with E-state index in [4.69, 9.17) is 0 Å². The van der Waals surface area contributed by atoms with Gasteiger partial charge in [-0.15, -0.1) is 0 Å². The molecule has 0 heterocycles. The molecular formula is C39H67NO3. The molecule has 0 radical (unpaired) electrons. The third-order valence-corrected chi connectivity index (χ3v) is 7.45. The van der Waals surface area contributed by atoms with Gasteiger partial charge in [0.05, 0.1) is 18.8 Å². The second-order valence-corrected chi connectivity index (χ2v) is 11.6. The molecule has 1 amide bonds. The first kappa shape index (κ1) is 40.8. The van der Waals surface area contributed by atoms with E-state index in [-0.39, 0.29) is 12.5 Å². The highest BCUT2D eigenvalue weighted by Gasteiger charge is 2.17. The maximum Gasteiger partial charge on any atom is 0.220 e. The molecule has 2 atom stereocenters. The van der Waals surface area contributed by atoms with Crippen LogP contribution in [0, 0.1) is 0 Å². The first-order valence-electron chi connectivity index (χ1n) is 17.7. The molecule has 0 aliphatic heterocycles. The van der Waals surface area contributed by atoms with Crippen LogP contribution in [0.3, 0.4) is 0 Å². The molecule has 0 saturated carbocycles.